The van der Waals surface area contributed by atoms with Gasteiger partial charge in [0.05, 0.1) is 5.69 Å². The third kappa shape index (κ3) is 5.23. The number of carbonyl (C=O) groups is 3. The van der Waals surface area contributed by atoms with E-state index >= 15 is 0 Å². The van der Waals surface area contributed by atoms with Gasteiger partial charge in [0.15, 0.2) is 5.01 Å². The maximum atomic E-state index is 12.8. The van der Waals surface area contributed by atoms with Crippen molar-refractivity contribution < 1.29 is 14.4 Å². The van der Waals surface area contributed by atoms with Crippen LogP contribution in [0.5, 0.6) is 0 Å². The molecule has 2 aliphatic rings. The van der Waals surface area contributed by atoms with Crippen LogP contribution in [-0.2, 0) is 22.6 Å². The molecule has 1 aliphatic carbocycles. The molecule has 2 atom stereocenters. The van der Waals surface area contributed by atoms with E-state index in [9.17, 15) is 14.4 Å². The van der Waals surface area contributed by atoms with Crippen LogP contribution in [-0.4, -0.2) is 53.3 Å². The molecule has 0 saturated heterocycles. The Morgan fingerprint density at radius 2 is 1.81 bits per heavy atom. The van der Waals surface area contributed by atoms with E-state index in [4.69, 9.17) is 11.6 Å². The first-order valence-corrected chi connectivity index (χ1v) is 11.4. The zero-order chi connectivity index (χ0) is 22.0. The molecule has 8 nitrogen and oxygen atoms in total. The highest BCUT2D eigenvalue weighted by Crippen LogP contribution is 2.25. The molecule has 1 aromatic carbocycles. The second-order valence-corrected chi connectivity index (χ2v) is 9.45. The van der Waals surface area contributed by atoms with Gasteiger partial charge in [0.25, 0.3) is 5.91 Å². The summed E-state index contributed by atoms with van der Waals surface area (Å²) in [5.74, 6) is -1.70. The lowest BCUT2D eigenvalue weighted by atomic mass is 10.1. The van der Waals surface area contributed by atoms with Crippen LogP contribution in [0, 0.1) is 0 Å². The largest absolute Gasteiger partial charge is 0.345 e. The Bertz CT molecular complexity index is 993. The molecule has 4 rings (SSSR count). The van der Waals surface area contributed by atoms with Crippen LogP contribution >= 0.6 is 22.9 Å². The maximum Gasteiger partial charge on any atom is 0.313 e. The first-order chi connectivity index (χ1) is 14.9. The molecular weight excluding hydrogens is 438 g/mol. The highest BCUT2D eigenvalue weighted by atomic mass is 35.5. The second-order valence-electron chi connectivity index (χ2n) is 7.93. The van der Waals surface area contributed by atoms with Gasteiger partial charge in [-0.25, -0.2) is 4.98 Å². The number of likely N-dealkylation sites (N-methyl/N-ethyl adjacent to an activating group) is 1. The van der Waals surface area contributed by atoms with E-state index < -0.39 is 11.8 Å². The van der Waals surface area contributed by atoms with Gasteiger partial charge in [-0.15, -0.1) is 11.3 Å². The summed E-state index contributed by atoms with van der Waals surface area (Å²) in [6.45, 7) is 1.75. The van der Waals surface area contributed by atoms with Gasteiger partial charge < -0.3 is 20.9 Å². The molecule has 2 aromatic rings. The molecule has 1 saturated carbocycles. The molecule has 1 fully saturated rings. The Balaban J connectivity index is 1.33. The van der Waals surface area contributed by atoms with Crippen LogP contribution in [0.15, 0.2) is 24.3 Å². The average molecular weight is 462 g/mol. The van der Waals surface area contributed by atoms with Crippen molar-refractivity contribution in [1.29, 1.82) is 0 Å². The molecule has 31 heavy (non-hydrogen) atoms. The molecule has 2 heterocycles. The number of hydrogen-bond acceptors (Lipinski definition) is 6. The van der Waals surface area contributed by atoms with E-state index in [1.807, 2.05) is 0 Å². The summed E-state index contributed by atoms with van der Waals surface area (Å²) >= 11 is 7.26. The predicted molar refractivity (Wildman–Crippen MR) is 119 cm³/mol. The summed E-state index contributed by atoms with van der Waals surface area (Å²) in [5.41, 5.74) is 1.49. The molecule has 3 amide bonds. The fourth-order valence-corrected chi connectivity index (χ4v) is 5.13. The van der Waals surface area contributed by atoms with Crippen LogP contribution in [0.3, 0.4) is 0 Å². The highest BCUT2D eigenvalue weighted by molar-refractivity contribution is 7.13. The summed E-state index contributed by atoms with van der Waals surface area (Å²) < 4.78 is 0. The van der Waals surface area contributed by atoms with E-state index in [1.54, 1.807) is 24.3 Å². The molecule has 10 heteroatoms. The van der Waals surface area contributed by atoms with Gasteiger partial charge in [-0.1, -0.05) is 11.6 Å². The third-order valence-corrected chi connectivity index (χ3v) is 6.91. The maximum absolute atomic E-state index is 12.8. The Labute approximate surface area is 189 Å². The number of fused-ring (bicyclic) bond motifs is 1. The normalized spacial score (nSPS) is 20.7. The Morgan fingerprint density at radius 3 is 2.55 bits per heavy atom. The SMILES string of the molecule is CN1CCc2nc(C(=O)NC3CCCC3NC(=O)C(=O)Nc3ccc(Cl)cc3)sc2C1. The summed E-state index contributed by atoms with van der Waals surface area (Å²) in [6, 6.07) is 5.98. The summed E-state index contributed by atoms with van der Waals surface area (Å²) in [4.78, 5) is 45.2. The van der Waals surface area contributed by atoms with Crippen LogP contribution < -0.4 is 16.0 Å². The van der Waals surface area contributed by atoms with Crippen LogP contribution in [0.4, 0.5) is 5.69 Å². The number of thiazole rings is 1. The van der Waals surface area contributed by atoms with E-state index in [0.29, 0.717) is 22.1 Å². The lowest BCUT2D eigenvalue weighted by molar-refractivity contribution is -0.136. The zero-order valence-electron chi connectivity index (χ0n) is 17.1. The number of halogens is 1. The topological polar surface area (TPSA) is 103 Å². The van der Waals surface area contributed by atoms with Gasteiger partial charge in [-0.2, -0.15) is 0 Å². The number of anilines is 1. The molecule has 0 radical (unpaired) electrons. The van der Waals surface area contributed by atoms with E-state index in [-0.39, 0.29) is 18.0 Å². The first kappa shape index (κ1) is 21.7. The average Bonchev–Trinajstić information content (AvgIpc) is 3.36. The summed E-state index contributed by atoms with van der Waals surface area (Å²) in [5, 5.41) is 9.30. The minimum atomic E-state index is -0.754. The van der Waals surface area contributed by atoms with Crippen molar-refractivity contribution in [2.24, 2.45) is 0 Å². The lowest BCUT2D eigenvalue weighted by Gasteiger charge is -2.21. The standard InChI is InChI=1S/C21H24ClN5O3S/c1-27-10-9-16-17(11-27)31-21(26-16)20(30)25-15-4-2-3-14(15)24-19(29)18(28)23-13-7-5-12(22)6-8-13/h5-8,14-15H,2-4,9-11H2,1H3,(H,23,28)(H,24,29)(H,25,30). The van der Waals surface area contributed by atoms with Gasteiger partial charge >= 0.3 is 11.8 Å². The molecule has 164 valence electrons. The molecule has 1 aromatic heterocycles. The number of carbonyl (C=O) groups excluding carboxylic acids is 3. The fourth-order valence-electron chi connectivity index (χ4n) is 3.91. The molecule has 3 N–H and O–H groups in total. The number of amides is 3. The second kappa shape index (κ2) is 9.33. The van der Waals surface area contributed by atoms with Crippen molar-refractivity contribution in [3.8, 4) is 0 Å². The van der Waals surface area contributed by atoms with Crippen LogP contribution in [0.2, 0.25) is 5.02 Å². The quantitative estimate of drug-likeness (QED) is 0.605. The zero-order valence-corrected chi connectivity index (χ0v) is 18.7. The van der Waals surface area contributed by atoms with Gasteiger partial charge in [0.1, 0.15) is 0 Å². The van der Waals surface area contributed by atoms with Gasteiger partial charge in [0.2, 0.25) is 0 Å². The van der Waals surface area contributed by atoms with Crippen LogP contribution in [0.1, 0.15) is 39.6 Å². The predicted octanol–water partition coefficient (Wildman–Crippen LogP) is 2.19. The van der Waals surface area contributed by atoms with E-state index in [1.165, 1.54) is 11.3 Å². The molecule has 2 unspecified atom stereocenters. The minimum absolute atomic E-state index is 0.223. The van der Waals surface area contributed by atoms with Gasteiger partial charge in [-0.3, -0.25) is 14.4 Å². The lowest BCUT2D eigenvalue weighted by Crippen LogP contribution is -2.51. The molecule has 0 spiro atoms. The summed E-state index contributed by atoms with van der Waals surface area (Å²) in [6.07, 6.45) is 3.14. The summed E-state index contributed by atoms with van der Waals surface area (Å²) in [7, 11) is 2.05. The number of nitrogens with zero attached hydrogens (tertiary/aromatic N) is 2. The smallest absolute Gasteiger partial charge is 0.313 e. The first-order valence-electron chi connectivity index (χ1n) is 10.2. The number of rotatable bonds is 4. The Hall–Kier alpha value is -2.49. The Kier molecular flexibility index (Phi) is 6.54. The highest BCUT2D eigenvalue weighted by Gasteiger charge is 2.32. The Morgan fingerprint density at radius 1 is 1.10 bits per heavy atom. The monoisotopic (exact) mass is 461 g/mol. The number of hydrogen-bond donors (Lipinski definition) is 3. The van der Waals surface area contributed by atoms with Crippen molar-refractivity contribution in [3.63, 3.8) is 0 Å². The molecule has 0 bridgehead atoms. The van der Waals surface area contributed by atoms with Crippen LogP contribution in [0.25, 0.3) is 0 Å². The van der Waals surface area contributed by atoms with Gasteiger partial charge in [-0.05, 0) is 50.6 Å². The van der Waals surface area contributed by atoms with Crippen molar-refractivity contribution in [1.82, 2.24) is 20.5 Å². The minimum Gasteiger partial charge on any atom is -0.345 e. The van der Waals surface area contributed by atoms with Crippen molar-refractivity contribution in [2.45, 2.75) is 44.3 Å². The van der Waals surface area contributed by atoms with Crippen molar-refractivity contribution >= 4 is 46.3 Å². The number of aromatic nitrogens is 1. The fraction of sp³-hybridized carbons (Fsp3) is 0.429. The molecular formula is C21H24ClN5O3S. The van der Waals surface area contributed by atoms with Gasteiger partial charge in [0, 0.05) is 47.2 Å². The third-order valence-electron chi connectivity index (χ3n) is 5.57. The van der Waals surface area contributed by atoms with E-state index in [0.717, 1.165) is 42.9 Å². The van der Waals surface area contributed by atoms with Crippen molar-refractivity contribution in [3.05, 3.63) is 44.9 Å². The molecule has 1 aliphatic heterocycles. The number of nitrogens with one attached hydrogen (secondary N) is 3. The van der Waals surface area contributed by atoms with Crippen molar-refractivity contribution in [2.75, 3.05) is 18.9 Å². The van der Waals surface area contributed by atoms with E-state index in [2.05, 4.69) is 32.9 Å². The number of benzene rings is 1.